The van der Waals surface area contributed by atoms with Gasteiger partial charge in [0.2, 0.25) is 0 Å². The molecule has 0 spiro atoms. The minimum atomic E-state index is 0.159. The molecule has 0 atom stereocenters. The number of nitrogens with zero attached hydrogens (tertiary/aromatic N) is 1. The Kier molecular flexibility index (Phi) is 7.78. The maximum Gasteiger partial charge on any atom is 0.107 e. The fourth-order valence-corrected chi connectivity index (χ4v) is 1.23. The van der Waals surface area contributed by atoms with Gasteiger partial charge in [-0.15, -0.1) is 17.5 Å². The smallest absolute Gasteiger partial charge is 0.107 e. The van der Waals surface area contributed by atoms with Crippen LogP contribution in [0.4, 0.5) is 0 Å². The first-order chi connectivity index (χ1) is 7.49. The Hall–Kier alpha value is -0.920. The third-order valence-corrected chi connectivity index (χ3v) is 2.19. The molecule has 0 N–H and O–H groups in total. The van der Waals surface area contributed by atoms with Gasteiger partial charge in [-0.05, 0) is 17.7 Å². The summed E-state index contributed by atoms with van der Waals surface area (Å²) in [5.74, 6) is 0. The molecule has 90 valence electrons. The minimum Gasteiger partial charge on any atom is -0.500 e. The summed E-state index contributed by atoms with van der Waals surface area (Å²) in [5.41, 5.74) is 3.31. The molecule has 0 heterocycles. The number of aliphatic imine (C=N–C) groups is 1. The van der Waals surface area contributed by atoms with Crippen molar-refractivity contribution < 1.29 is 4.74 Å². The molecule has 0 fully saturated rings. The molecule has 0 aromatic rings. The normalized spacial score (nSPS) is 11.6. The average molecular weight is 239 g/mol. The van der Waals surface area contributed by atoms with Gasteiger partial charge in [0.15, 0.2) is 0 Å². The van der Waals surface area contributed by atoms with Crippen molar-refractivity contribution in [2.24, 2.45) is 10.4 Å². The van der Waals surface area contributed by atoms with Crippen LogP contribution >= 0.6 is 11.8 Å². The maximum atomic E-state index is 4.99. The first-order valence-corrected chi connectivity index (χ1v) is 6.46. The lowest BCUT2D eigenvalue weighted by molar-refractivity contribution is 0.261. The van der Waals surface area contributed by atoms with Crippen LogP contribution in [0.3, 0.4) is 0 Å². The molecule has 0 amide bonds. The van der Waals surface area contributed by atoms with E-state index >= 15 is 0 Å². The van der Waals surface area contributed by atoms with Gasteiger partial charge in [-0.1, -0.05) is 27.4 Å². The van der Waals surface area contributed by atoms with Crippen molar-refractivity contribution in [2.75, 3.05) is 19.4 Å². The molecule has 0 rings (SSSR count). The van der Waals surface area contributed by atoms with Crippen molar-refractivity contribution >= 4 is 16.8 Å². The van der Waals surface area contributed by atoms with Gasteiger partial charge >= 0.3 is 0 Å². The summed E-state index contributed by atoms with van der Waals surface area (Å²) in [6.45, 7) is 11.1. The van der Waals surface area contributed by atoms with Crippen molar-refractivity contribution in [3.8, 4) is 0 Å². The lowest BCUT2D eigenvalue weighted by atomic mass is 9.97. The fourth-order valence-electron chi connectivity index (χ4n) is 0.824. The fraction of sp³-hybridized carbons (Fsp3) is 0.538. The number of thioether (sulfide) groups is 1. The summed E-state index contributed by atoms with van der Waals surface area (Å²) in [5, 5.41) is 0.966. The zero-order valence-electron chi connectivity index (χ0n) is 10.6. The SMILES string of the molecule is C=COCCN=C(C=C=CC(C)(C)C)SC. The molecule has 0 aliphatic rings. The second-order valence-electron chi connectivity index (χ2n) is 4.28. The first kappa shape index (κ1) is 15.1. The van der Waals surface area contributed by atoms with Crippen LogP contribution in [0.1, 0.15) is 20.8 Å². The van der Waals surface area contributed by atoms with Gasteiger partial charge in [-0.2, -0.15) is 0 Å². The summed E-state index contributed by atoms with van der Waals surface area (Å²) in [6, 6.07) is 0. The van der Waals surface area contributed by atoms with Crippen molar-refractivity contribution in [1.29, 1.82) is 0 Å². The van der Waals surface area contributed by atoms with Crippen LogP contribution in [0.2, 0.25) is 0 Å². The average Bonchev–Trinajstić information content (AvgIpc) is 2.20. The third-order valence-electron chi connectivity index (χ3n) is 1.53. The van der Waals surface area contributed by atoms with Crippen molar-refractivity contribution in [3.63, 3.8) is 0 Å². The van der Waals surface area contributed by atoms with E-state index in [1.165, 1.54) is 6.26 Å². The maximum absolute atomic E-state index is 4.99. The quantitative estimate of drug-likeness (QED) is 0.240. The highest BCUT2D eigenvalue weighted by atomic mass is 32.2. The summed E-state index contributed by atoms with van der Waals surface area (Å²) < 4.78 is 4.99. The molecule has 0 aliphatic heterocycles. The molecule has 0 saturated carbocycles. The Morgan fingerprint density at radius 2 is 2.19 bits per heavy atom. The zero-order valence-corrected chi connectivity index (χ0v) is 11.4. The highest BCUT2D eigenvalue weighted by Crippen LogP contribution is 2.13. The second-order valence-corrected chi connectivity index (χ2v) is 5.11. The summed E-state index contributed by atoms with van der Waals surface area (Å²) in [4.78, 5) is 4.37. The van der Waals surface area contributed by atoms with E-state index in [1.54, 1.807) is 11.8 Å². The predicted octanol–water partition coefficient (Wildman–Crippen LogP) is 3.67. The first-order valence-electron chi connectivity index (χ1n) is 5.24. The van der Waals surface area contributed by atoms with E-state index in [0.29, 0.717) is 13.2 Å². The standard InChI is InChI=1S/C13H21NOS/c1-6-15-11-10-14-12(16-5)8-7-9-13(2,3)4/h6,8-9H,1,10-11H2,2-5H3. The van der Waals surface area contributed by atoms with Crippen LogP contribution < -0.4 is 0 Å². The number of hydrogen-bond acceptors (Lipinski definition) is 3. The minimum absolute atomic E-state index is 0.159. The molecular weight excluding hydrogens is 218 g/mol. The third kappa shape index (κ3) is 9.63. The molecule has 2 nitrogen and oxygen atoms in total. The summed E-state index contributed by atoms with van der Waals surface area (Å²) >= 11 is 1.61. The number of rotatable bonds is 5. The van der Waals surface area contributed by atoms with E-state index < -0.39 is 0 Å². The highest BCUT2D eigenvalue weighted by Gasteiger charge is 2.02. The molecule has 0 radical (unpaired) electrons. The largest absolute Gasteiger partial charge is 0.500 e. The molecular formula is C13H21NOS. The Morgan fingerprint density at radius 1 is 1.50 bits per heavy atom. The zero-order chi connectivity index (χ0) is 12.4. The van der Waals surface area contributed by atoms with E-state index in [-0.39, 0.29) is 5.41 Å². The Labute approximate surface area is 103 Å². The van der Waals surface area contributed by atoms with E-state index in [0.717, 1.165) is 5.04 Å². The number of hydrogen-bond donors (Lipinski definition) is 0. The van der Waals surface area contributed by atoms with Gasteiger partial charge in [0.25, 0.3) is 0 Å². The van der Waals surface area contributed by atoms with Crippen molar-refractivity contribution in [1.82, 2.24) is 0 Å². The highest BCUT2D eigenvalue weighted by molar-refractivity contribution is 8.13. The predicted molar refractivity (Wildman–Crippen MR) is 74.1 cm³/mol. The van der Waals surface area contributed by atoms with Gasteiger partial charge in [-0.3, -0.25) is 4.99 Å². The Balaban J connectivity index is 4.28. The molecule has 0 bridgehead atoms. The van der Waals surface area contributed by atoms with Crippen LogP contribution in [0.5, 0.6) is 0 Å². The summed E-state index contributed by atoms with van der Waals surface area (Å²) in [6.07, 6.45) is 7.38. The van der Waals surface area contributed by atoms with Gasteiger partial charge < -0.3 is 4.74 Å². The Bertz CT molecular complexity index is 294. The molecule has 0 unspecified atom stereocenters. The monoisotopic (exact) mass is 239 g/mol. The number of ether oxygens (including phenoxy) is 1. The van der Waals surface area contributed by atoms with Crippen LogP contribution in [0.25, 0.3) is 0 Å². The lowest BCUT2D eigenvalue weighted by Crippen LogP contribution is -1.98. The molecule has 3 heteroatoms. The van der Waals surface area contributed by atoms with E-state index in [2.05, 4.69) is 38.1 Å². The molecule has 16 heavy (non-hydrogen) atoms. The molecule has 0 saturated heterocycles. The van der Waals surface area contributed by atoms with Gasteiger partial charge in [-0.25, -0.2) is 0 Å². The van der Waals surface area contributed by atoms with Crippen LogP contribution in [-0.2, 0) is 4.74 Å². The topological polar surface area (TPSA) is 21.6 Å². The second kappa shape index (κ2) is 8.26. The Morgan fingerprint density at radius 3 is 2.69 bits per heavy atom. The van der Waals surface area contributed by atoms with Gasteiger partial charge in [0, 0.05) is 6.08 Å². The van der Waals surface area contributed by atoms with Crippen molar-refractivity contribution in [3.05, 3.63) is 30.7 Å². The van der Waals surface area contributed by atoms with Gasteiger partial charge in [0.1, 0.15) is 6.61 Å². The van der Waals surface area contributed by atoms with E-state index in [1.807, 2.05) is 18.4 Å². The molecule has 0 aliphatic carbocycles. The summed E-state index contributed by atoms with van der Waals surface area (Å²) in [7, 11) is 0. The van der Waals surface area contributed by atoms with E-state index in [4.69, 9.17) is 4.74 Å². The van der Waals surface area contributed by atoms with E-state index in [9.17, 15) is 0 Å². The van der Waals surface area contributed by atoms with Crippen LogP contribution in [0, 0.1) is 5.41 Å². The van der Waals surface area contributed by atoms with Gasteiger partial charge in [0.05, 0.1) is 17.9 Å². The van der Waals surface area contributed by atoms with Crippen LogP contribution in [-0.4, -0.2) is 24.5 Å². The van der Waals surface area contributed by atoms with Crippen molar-refractivity contribution in [2.45, 2.75) is 20.8 Å². The van der Waals surface area contributed by atoms with Crippen LogP contribution in [0.15, 0.2) is 35.7 Å². The lowest BCUT2D eigenvalue weighted by Gasteiger charge is -2.08. The molecule has 0 aromatic heterocycles. The molecule has 0 aromatic carbocycles.